The molecule has 0 bridgehead atoms. The number of aldehydes is 1. The highest BCUT2D eigenvalue weighted by atomic mass is 32.2. The average molecular weight is 493 g/mol. The number of hydrogen-bond acceptors (Lipinski definition) is 5. The number of aryl methyl sites for hydroxylation is 1. The number of likely N-dealkylation sites (N-methyl/N-ethyl adjacent to an activating group) is 1. The molecule has 1 N–H and O–H groups in total. The van der Waals surface area contributed by atoms with E-state index in [0.29, 0.717) is 18.5 Å². The van der Waals surface area contributed by atoms with Crippen molar-refractivity contribution in [2.45, 2.75) is 44.2 Å². The van der Waals surface area contributed by atoms with E-state index in [2.05, 4.69) is 34.7 Å². The molecule has 8 heteroatoms. The number of nitrogens with zero attached hydrogens (tertiary/aromatic N) is 3. The summed E-state index contributed by atoms with van der Waals surface area (Å²) in [5.74, 6) is -0.448. The Morgan fingerprint density at radius 2 is 1.83 bits per heavy atom. The molecule has 2 aromatic carbocycles. The minimum Gasteiger partial charge on any atom is -0.357 e. The second-order valence-corrected chi connectivity index (χ2v) is 8.82. The summed E-state index contributed by atoms with van der Waals surface area (Å²) in [4.78, 5) is 39.1. The summed E-state index contributed by atoms with van der Waals surface area (Å²) in [7, 11) is 3.46. The number of fused-ring (bicyclic) bond motifs is 1. The summed E-state index contributed by atoms with van der Waals surface area (Å²) < 4.78 is 1.86. The molecular weight excluding hydrogens is 460 g/mol. The Hall–Kier alpha value is -3.39. The van der Waals surface area contributed by atoms with E-state index < -0.39 is 6.04 Å². The standard InChI is InChI=1S/C25H26N4O3S.C2H6/c1-26-24(31)22(5-4-12-30)29-15-18-13-17(8-11-20(18)25(29)32)21-14-27-28(2)23(21)16-6-9-19(33-3)10-7-16;1-2/h6-14,22H,4-5,15H2,1-3H3,(H,26,31);1-2H3. The lowest BCUT2D eigenvalue weighted by Gasteiger charge is -2.25. The molecule has 1 atom stereocenters. The zero-order valence-corrected chi connectivity index (χ0v) is 21.7. The maximum atomic E-state index is 13.1. The summed E-state index contributed by atoms with van der Waals surface area (Å²) in [6, 6.07) is 13.4. The molecule has 4 rings (SSSR count). The summed E-state index contributed by atoms with van der Waals surface area (Å²) in [6.07, 6.45) is 5.18. The van der Waals surface area contributed by atoms with Crippen molar-refractivity contribution in [2.24, 2.45) is 7.05 Å². The van der Waals surface area contributed by atoms with E-state index in [0.717, 1.165) is 34.2 Å². The Kier molecular flexibility index (Phi) is 8.87. The topological polar surface area (TPSA) is 84.3 Å². The third-order valence-corrected chi connectivity index (χ3v) is 6.78. The van der Waals surface area contributed by atoms with Gasteiger partial charge in [-0.1, -0.05) is 32.0 Å². The van der Waals surface area contributed by atoms with E-state index in [1.165, 1.54) is 11.9 Å². The largest absolute Gasteiger partial charge is 0.357 e. The second-order valence-electron chi connectivity index (χ2n) is 7.94. The quantitative estimate of drug-likeness (QED) is 0.368. The number of amides is 2. The molecule has 35 heavy (non-hydrogen) atoms. The van der Waals surface area contributed by atoms with Crippen LogP contribution in [0.3, 0.4) is 0 Å². The average Bonchev–Trinajstić information content (AvgIpc) is 3.44. The van der Waals surface area contributed by atoms with Gasteiger partial charge >= 0.3 is 0 Å². The highest BCUT2D eigenvalue weighted by Gasteiger charge is 2.36. The molecule has 0 saturated heterocycles. The van der Waals surface area contributed by atoms with Crippen LogP contribution in [0.5, 0.6) is 0 Å². The Morgan fingerprint density at radius 1 is 1.14 bits per heavy atom. The van der Waals surface area contributed by atoms with Gasteiger partial charge in [0.25, 0.3) is 5.91 Å². The number of rotatable bonds is 8. The predicted octanol–water partition coefficient (Wildman–Crippen LogP) is 4.55. The Bertz CT molecular complexity index is 1200. The monoisotopic (exact) mass is 492 g/mol. The van der Waals surface area contributed by atoms with Gasteiger partial charge < -0.3 is 15.0 Å². The smallest absolute Gasteiger partial charge is 0.255 e. The van der Waals surface area contributed by atoms with Crippen molar-refractivity contribution in [2.75, 3.05) is 13.3 Å². The van der Waals surface area contributed by atoms with Gasteiger partial charge in [-0.3, -0.25) is 14.3 Å². The summed E-state index contributed by atoms with van der Waals surface area (Å²) in [5.41, 5.74) is 5.46. The van der Waals surface area contributed by atoms with Crippen molar-refractivity contribution in [3.63, 3.8) is 0 Å². The van der Waals surface area contributed by atoms with Crippen LogP contribution < -0.4 is 5.32 Å². The normalized spacial score (nSPS) is 13.1. The Labute approximate surface area is 210 Å². The molecule has 2 heterocycles. The minimum atomic E-state index is -0.674. The Morgan fingerprint density at radius 3 is 2.46 bits per heavy atom. The Balaban J connectivity index is 0.00000167. The fourth-order valence-corrected chi connectivity index (χ4v) is 4.73. The molecule has 0 aliphatic carbocycles. The fourth-order valence-electron chi connectivity index (χ4n) is 4.32. The summed E-state index contributed by atoms with van der Waals surface area (Å²) >= 11 is 1.70. The van der Waals surface area contributed by atoms with E-state index in [9.17, 15) is 14.4 Å². The van der Waals surface area contributed by atoms with Crippen LogP contribution in [0, 0.1) is 0 Å². The van der Waals surface area contributed by atoms with E-state index in [1.807, 2.05) is 56.2 Å². The van der Waals surface area contributed by atoms with Crippen molar-refractivity contribution in [1.29, 1.82) is 0 Å². The molecule has 0 radical (unpaired) electrons. The maximum absolute atomic E-state index is 13.1. The number of aromatic nitrogens is 2. The highest BCUT2D eigenvalue weighted by Crippen LogP contribution is 2.35. The molecule has 1 aliphatic rings. The lowest BCUT2D eigenvalue weighted by molar-refractivity contribution is -0.125. The van der Waals surface area contributed by atoms with Crippen LogP contribution in [-0.4, -0.2) is 52.1 Å². The van der Waals surface area contributed by atoms with Gasteiger partial charge in [0.1, 0.15) is 12.3 Å². The van der Waals surface area contributed by atoms with Gasteiger partial charge in [0.15, 0.2) is 0 Å². The molecule has 2 amide bonds. The molecule has 7 nitrogen and oxygen atoms in total. The second kappa shape index (κ2) is 11.8. The van der Waals surface area contributed by atoms with Gasteiger partial charge in [-0.15, -0.1) is 11.8 Å². The van der Waals surface area contributed by atoms with Crippen molar-refractivity contribution in [3.8, 4) is 22.4 Å². The first kappa shape index (κ1) is 26.2. The van der Waals surface area contributed by atoms with Gasteiger partial charge in [-0.25, -0.2) is 0 Å². The highest BCUT2D eigenvalue weighted by molar-refractivity contribution is 7.98. The first-order valence-corrected chi connectivity index (χ1v) is 13.0. The van der Waals surface area contributed by atoms with Crippen molar-refractivity contribution in [3.05, 3.63) is 59.8 Å². The number of nitrogens with one attached hydrogen (secondary N) is 1. The lowest BCUT2D eigenvalue weighted by atomic mass is 9.98. The van der Waals surface area contributed by atoms with E-state index in [1.54, 1.807) is 16.7 Å². The van der Waals surface area contributed by atoms with Crippen LogP contribution in [-0.2, 0) is 23.2 Å². The van der Waals surface area contributed by atoms with Crippen LogP contribution in [0.25, 0.3) is 22.4 Å². The molecule has 0 fully saturated rings. The number of carbonyl (C=O) groups is 3. The van der Waals surface area contributed by atoms with Crippen molar-refractivity contribution in [1.82, 2.24) is 20.0 Å². The third kappa shape index (κ3) is 5.32. The zero-order valence-electron chi connectivity index (χ0n) is 20.9. The molecule has 0 spiro atoms. The van der Waals surface area contributed by atoms with Crippen LogP contribution in [0.4, 0.5) is 0 Å². The maximum Gasteiger partial charge on any atom is 0.255 e. The lowest BCUT2D eigenvalue weighted by Crippen LogP contribution is -2.46. The third-order valence-electron chi connectivity index (χ3n) is 6.03. The van der Waals surface area contributed by atoms with Crippen LogP contribution in [0.2, 0.25) is 0 Å². The zero-order chi connectivity index (χ0) is 25.5. The van der Waals surface area contributed by atoms with E-state index >= 15 is 0 Å². The van der Waals surface area contributed by atoms with Gasteiger partial charge in [0.2, 0.25) is 5.91 Å². The summed E-state index contributed by atoms with van der Waals surface area (Å²) in [5, 5.41) is 7.09. The van der Waals surface area contributed by atoms with Crippen LogP contribution in [0.15, 0.2) is 53.6 Å². The number of hydrogen-bond donors (Lipinski definition) is 1. The van der Waals surface area contributed by atoms with Crippen molar-refractivity contribution >= 4 is 29.9 Å². The molecule has 3 aromatic rings. The van der Waals surface area contributed by atoms with Gasteiger partial charge in [0.05, 0.1) is 11.9 Å². The molecule has 0 saturated carbocycles. The molecule has 184 valence electrons. The van der Waals surface area contributed by atoms with Gasteiger partial charge in [-0.05, 0) is 48.1 Å². The predicted molar refractivity (Wildman–Crippen MR) is 140 cm³/mol. The molecule has 1 unspecified atom stereocenters. The first-order chi connectivity index (χ1) is 17.0. The van der Waals surface area contributed by atoms with Crippen LogP contribution in [0.1, 0.15) is 42.6 Å². The fraction of sp³-hybridized carbons (Fsp3) is 0.333. The number of thioether (sulfide) groups is 1. The van der Waals surface area contributed by atoms with Gasteiger partial charge in [0, 0.05) is 48.6 Å². The molecular formula is C27H32N4O3S. The van der Waals surface area contributed by atoms with Crippen LogP contribution >= 0.6 is 11.8 Å². The van der Waals surface area contributed by atoms with Crippen molar-refractivity contribution < 1.29 is 14.4 Å². The number of benzene rings is 2. The number of carbonyl (C=O) groups excluding carboxylic acids is 3. The summed E-state index contributed by atoms with van der Waals surface area (Å²) in [6.45, 7) is 4.33. The minimum absolute atomic E-state index is 0.185. The van der Waals surface area contributed by atoms with E-state index in [-0.39, 0.29) is 18.2 Å². The van der Waals surface area contributed by atoms with E-state index in [4.69, 9.17) is 0 Å². The van der Waals surface area contributed by atoms with Gasteiger partial charge in [-0.2, -0.15) is 5.10 Å². The molecule has 1 aliphatic heterocycles. The SMILES string of the molecule is CC.CNC(=O)C(CCC=O)N1Cc2cc(-c3cnn(C)c3-c3ccc(SC)cc3)ccc2C1=O. The first-order valence-electron chi connectivity index (χ1n) is 11.7. The molecule has 1 aromatic heterocycles.